The van der Waals surface area contributed by atoms with Gasteiger partial charge in [-0.1, -0.05) is 0 Å². The average molecular weight is 191 g/mol. The Hall–Kier alpha value is -0.650. The molecule has 0 amide bonds. The first-order chi connectivity index (χ1) is 6.31. The molecule has 0 fully saturated rings. The molecule has 0 bridgehead atoms. The summed E-state index contributed by atoms with van der Waals surface area (Å²) in [5.41, 5.74) is 2.47. The van der Waals surface area contributed by atoms with Crippen molar-refractivity contribution in [3.8, 4) is 0 Å². The SMILES string of the molecule is CCOCCOC(=O)CCONC. The van der Waals surface area contributed by atoms with Gasteiger partial charge >= 0.3 is 5.97 Å². The number of carbonyl (C=O) groups excluding carboxylic acids is 1. The van der Waals surface area contributed by atoms with Gasteiger partial charge in [0.05, 0.1) is 19.6 Å². The predicted octanol–water partition coefficient (Wildman–Crippen LogP) is 0.107. The fourth-order valence-corrected chi connectivity index (χ4v) is 0.667. The highest BCUT2D eigenvalue weighted by atomic mass is 16.6. The minimum absolute atomic E-state index is 0.257. The first-order valence-corrected chi connectivity index (χ1v) is 4.33. The van der Waals surface area contributed by atoms with E-state index in [4.69, 9.17) is 14.3 Å². The van der Waals surface area contributed by atoms with Gasteiger partial charge in [-0.3, -0.25) is 4.79 Å². The Morgan fingerprint density at radius 2 is 2.08 bits per heavy atom. The van der Waals surface area contributed by atoms with Crippen LogP contribution in [-0.4, -0.2) is 39.4 Å². The van der Waals surface area contributed by atoms with Crippen LogP contribution in [-0.2, 0) is 19.1 Å². The smallest absolute Gasteiger partial charge is 0.308 e. The van der Waals surface area contributed by atoms with Crippen molar-refractivity contribution in [1.82, 2.24) is 5.48 Å². The lowest BCUT2D eigenvalue weighted by atomic mass is 10.5. The summed E-state index contributed by atoms with van der Waals surface area (Å²) >= 11 is 0. The Morgan fingerprint density at radius 3 is 2.69 bits per heavy atom. The fraction of sp³-hybridized carbons (Fsp3) is 0.875. The maximum absolute atomic E-state index is 10.9. The molecule has 5 nitrogen and oxygen atoms in total. The Labute approximate surface area is 78.3 Å². The van der Waals surface area contributed by atoms with Gasteiger partial charge in [0, 0.05) is 13.7 Å². The summed E-state index contributed by atoms with van der Waals surface area (Å²) in [5.74, 6) is -0.269. The van der Waals surface area contributed by atoms with Gasteiger partial charge in [0.1, 0.15) is 6.61 Å². The van der Waals surface area contributed by atoms with Gasteiger partial charge in [-0.2, -0.15) is 0 Å². The van der Waals surface area contributed by atoms with E-state index in [0.717, 1.165) is 0 Å². The zero-order valence-electron chi connectivity index (χ0n) is 8.17. The first kappa shape index (κ1) is 12.3. The first-order valence-electron chi connectivity index (χ1n) is 4.33. The number of hydroxylamine groups is 1. The highest BCUT2D eigenvalue weighted by Crippen LogP contribution is 1.87. The van der Waals surface area contributed by atoms with E-state index in [0.29, 0.717) is 26.4 Å². The molecule has 0 aromatic heterocycles. The molecule has 0 saturated heterocycles. The van der Waals surface area contributed by atoms with Crippen LogP contribution in [0.1, 0.15) is 13.3 Å². The van der Waals surface area contributed by atoms with E-state index in [1.165, 1.54) is 0 Å². The molecule has 0 aromatic rings. The van der Waals surface area contributed by atoms with Crippen molar-refractivity contribution < 1.29 is 19.1 Å². The Morgan fingerprint density at radius 1 is 1.31 bits per heavy atom. The van der Waals surface area contributed by atoms with E-state index in [1.807, 2.05) is 6.92 Å². The van der Waals surface area contributed by atoms with Gasteiger partial charge in [0.15, 0.2) is 0 Å². The van der Waals surface area contributed by atoms with Crippen LogP contribution in [0.3, 0.4) is 0 Å². The number of ether oxygens (including phenoxy) is 2. The molecule has 0 unspecified atom stereocenters. The summed E-state index contributed by atoms with van der Waals surface area (Å²) in [4.78, 5) is 15.6. The summed E-state index contributed by atoms with van der Waals surface area (Å²) in [7, 11) is 1.64. The van der Waals surface area contributed by atoms with Crippen LogP contribution in [0.5, 0.6) is 0 Å². The van der Waals surface area contributed by atoms with Gasteiger partial charge in [-0.25, -0.2) is 5.48 Å². The maximum atomic E-state index is 10.9. The lowest BCUT2D eigenvalue weighted by molar-refractivity contribution is -0.146. The third-order valence-corrected chi connectivity index (χ3v) is 1.25. The number of carbonyl (C=O) groups is 1. The summed E-state index contributed by atoms with van der Waals surface area (Å²) in [5, 5.41) is 0. The standard InChI is InChI=1S/C8H17NO4/c1-3-11-6-7-12-8(10)4-5-13-9-2/h9H,3-7H2,1-2H3. The molecule has 78 valence electrons. The van der Waals surface area contributed by atoms with Crippen molar-refractivity contribution in [2.24, 2.45) is 0 Å². The average Bonchev–Trinajstić information content (AvgIpc) is 2.13. The molecule has 0 aromatic carbocycles. The highest BCUT2D eigenvalue weighted by molar-refractivity contribution is 5.69. The van der Waals surface area contributed by atoms with Crippen LogP contribution < -0.4 is 5.48 Å². The van der Waals surface area contributed by atoms with Gasteiger partial charge in [-0.05, 0) is 6.92 Å². The number of rotatable bonds is 8. The third kappa shape index (κ3) is 9.26. The summed E-state index contributed by atoms with van der Waals surface area (Å²) in [6.45, 7) is 3.62. The van der Waals surface area contributed by atoms with Crippen molar-refractivity contribution >= 4 is 5.97 Å². The quantitative estimate of drug-likeness (QED) is 0.335. The van der Waals surface area contributed by atoms with Crippen molar-refractivity contribution in [1.29, 1.82) is 0 Å². The largest absolute Gasteiger partial charge is 0.463 e. The molecule has 0 spiro atoms. The Kier molecular flexibility index (Phi) is 8.97. The molecule has 0 heterocycles. The topological polar surface area (TPSA) is 56.8 Å². The molecule has 0 aliphatic heterocycles. The van der Waals surface area contributed by atoms with Gasteiger partial charge in [0.25, 0.3) is 0 Å². The Balaban J connectivity index is 3.11. The molecule has 0 atom stereocenters. The van der Waals surface area contributed by atoms with E-state index in [2.05, 4.69) is 5.48 Å². The molecular formula is C8H17NO4. The molecular weight excluding hydrogens is 174 g/mol. The number of esters is 1. The minimum Gasteiger partial charge on any atom is -0.463 e. The Bertz CT molecular complexity index is 129. The minimum atomic E-state index is -0.269. The zero-order valence-corrected chi connectivity index (χ0v) is 8.17. The lowest BCUT2D eigenvalue weighted by Gasteiger charge is -2.04. The predicted molar refractivity (Wildman–Crippen MR) is 47.1 cm³/mol. The van der Waals surface area contributed by atoms with Crippen LogP contribution in [0.15, 0.2) is 0 Å². The summed E-state index contributed by atoms with van der Waals surface area (Å²) in [6, 6.07) is 0. The van der Waals surface area contributed by atoms with Crippen molar-refractivity contribution in [3.63, 3.8) is 0 Å². The van der Waals surface area contributed by atoms with E-state index in [-0.39, 0.29) is 12.4 Å². The second kappa shape index (κ2) is 9.44. The molecule has 0 rings (SSSR count). The number of hydrogen-bond acceptors (Lipinski definition) is 5. The van der Waals surface area contributed by atoms with Crippen LogP contribution in [0.2, 0.25) is 0 Å². The van der Waals surface area contributed by atoms with Crippen LogP contribution in [0, 0.1) is 0 Å². The lowest BCUT2D eigenvalue weighted by Crippen LogP contribution is -2.15. The van der Waals surface area contributed by atoms with Crippen molar-refractivity contribution in [2.45, 2.75) is 13.3 Å². The number of nitrogens with one attached hydrogen (secondary N) is 1. The zero-order chi connectivity index (χ0) is 9.94. The van der Waals surface area contributed by atoms with E-state index in [1.54, 1.807) is 7.05 Å². The van der Waals surface area contributed by atoms with Gasteiger partial charge < -0.3 is 14.3 Å². The third-order valence-electron chi connectivity index (χ3n) is 1.25. The summed E-state index contributed by atoms with van der Waals surface area (Å²) < 4.78 is 9.81. The van der Waals surface area contributed by atoms with E-state index in [9.17, 15) is 4.79 Å². The van der Waals surface area contributed by atoms with Gasteiger partial charge in [0.2, 0.25) is 0 Å². The highest BCUT2D eigenvalue weighted by Gasteiger charge is 2.01. The van der Waals surface area contributed by atoms with Crippen molar-refractivity contribution in [2.75, 3.05) is 33.5 Å². The monoisotopic (exact) mass is 191 g/mol. The van der Waals surface area contributed by atoms with E-state index >= 15 is 0 Å². The normalized spacial score (nSPS) is 10.0. The summed E-state index contributed by atoms with van der Waals surface area (Å²) in [6.07, 6.45) is 0.257. The number of hydrogen-bond donors (Lipinski definition) is 1. The van der Waals surface area contributed by atoms with Crippen LogP contribution in [0.4, 0.5) is 0 Å². The molecule has 5 heteroatoms. The van der Waals surface area contributed by atoms with Crippen LogP contribution >= 0.6 is 0 Å². The second-order valence-electron chi connectivity index (χ2n) is 2.22. The molecule has 1 N–H and O–H groups in total. The van der Waals surface area contributed by atoms with Gasteiger partial charge in [-0.15, -0.1) is 0 Å². The van der Waals surface area contributed by atoms with E-state index < -0.39 is 0 Å². The molecule has 0 saturated carbocycles. The van der Waals surface area contributed by atoms with Crippen LogP contribution in [0.25, 0.3) is 0 Å². The maximum Gasteiger partial charge on any atom is 0.308 e. The molecule has 0 radical (unpaired) electrons. The molecule has 13 heavy (non-hydrogen) atoms. The fourth-order valence-electron chi connectivity index (χ4n) is 0.667. The molecule has 0 aliphatic rings. The van der Waals surface area contributed by atoms with Crippen molar-refractivity contribution in [3.05, 3.63) is 0 Å². The second-order valence-corrected chi connectivity index (χ2v) is 2.22. The molecule has 0 aliphatic carbocycles.